The fraction of sp³-hybridized carbons (Fsp3) is 0.615. The Labute approximate surface area is 131 Å². The van der Waals surface area contributed by atoms with Gasteiger partial charge in [-0.3, -0.25) is 4.99 Å². The molecule has 0 unspecified atom stereocenters. The van der Waals surface area contributed by atoms with Gasteiger partial charge >= 0.3 is 0 Å². The summed E-state index contributed by atoms with van der Waals surface area (Å²) in [6.07, 6.45) is 0. The van der Waals surface area contributed by atoms with Crippen molar-refractivity contribution in [2.75, 3.05) is 19.6 Å². The zero-order valence-corrected chi connectivity index (χ0v) is 14.8. The minimum atomic E-state index is 0. The maximum atomic E-state index is 4.63. The predicted molar refractivity (Wildman–Crippen MR) is 92.4 cm³/mol. The van der Waals surface area contributed by atoms with Crippen molar-refractivity contribution in [2.24, 2.45) is 4.99 Å². The van der Waals surface area contributed by atoms with Crippen LogP contribution < -0.4 is 10.6 Å². The highest BCUT2D eigenvalue weighted by atomic mass is 127. The van der Waals surface area contributed by atoms with Gasteiger partial charge in [-0.15, -0.1) is 35.3 Å². The molecule has 1 rings (SSSR count). The van der Waals surface area contributed by atoms with Gasteiger partial charge in [-0.25, -0.2) is 0 Å². The Morgan fingerprint density at radius 1 is 1.28 bits per heavy atom. The van der Waals surface area contributed by atoms with E-state index in [1.165, 1.54) is 4.88 Å². The maximum absolute atomic E-state index is 4.63. The molecule has 0 saturated heterocycles. The van der Waals surface area contributed by atoms with E-state index in [-0.39, 0.29) is 29.4 Å². The van der Waals surface area contributed by atoms with Crippen molar-refractivity contribution in [2.45, 2.75) is 33.1 Å². The molecule has 1 aromatic heterocycles. The van der Waals surface area contributed by atoms with Gasteiger partial charge in [0.05, 0.1) is 6.54 Å². The Bertz CT molecular complexity index is 339. The minimum absolute atomic E-state index is 0. The molecule has 0 aliphatic carbocycles. The van der Waals surface area contributed by atoms with Gasteiger partial charge in [0.2, 0.25) is 0 Å². The zero-order chi connectivity index (χ0) is 12.7. The van der Waals surface area contributed by atoms with Gasteiger partial charge in [0.15, 0.2) is 5.96 Å². The summed E-state index contributed by atoms with van der Waals surface area (Å²) in [5.74, 6) is 0.902. The van der Waals surface area contributed by atoms with Crippen LogP contribution in [0.2, 0.25) is 0 Å². The van der Waals surface area contributed by atoms with E-state index in [1.54, 1.807) is 11.3 Å². The standard InChI is InChI=1S/C13H23N3S.HI/c1-5-14-12(15-6-2)16-10-13(3,4)11-8-7-9-17-11;/h7-9H,5-6,10H2,1-4H3,(H2,14,15,16);1H. The smallest absolute Gasteiger partial charge is 0.191 e. The van der Waals surface area contributed by atoms with Crippen molar-refractivity contribution >= 4 is 41.3 Å². The highest BCUT2D eigenvalue weighted by molar-refractivity contribution is 14.0. The van der Waals surface area contributed by atoms with Crippen LogP contribution in [0, 0.1) is 0 Å². The maximum Gasteiger partial charge on any atom is 0.191 e. The molecule has 0 bridgehead atoms. The van der Waals surface area contributed by atoms with Crippen LogP contribution in [0.15, 0.2) is 22.5 Å². The number of aliphatic imine (C=N–C) groups is 1. The molecule has 0 amide bonds. The molecule has 1 aromatic rings. The third-order valence-corrected chi connectivity index (χ3v) is 3.74. The monoisotopic (exact) mass is 381 g/mol. The first-order valence-electron chi connectivity index (χ1n) is 6.16. The summed E-state index contributed by atoms with van der Waals surface area (Å²) in [6, 6.07) is 4.28. The van der Waals surface area contributed by atoms with E-state index in [1.807, 2.05) is 0 Å². The van der Waals surface area contributed by atoms with Crippen molar-refractivity contribution in [1.82, 2.24) is 10.6 Å². The largest absolute Gasteiger partial charge is 0.357 e. The molecular weight excluding hydrogens is 357 g/mol. The van der Waals surface area contributed by atoms with Gasteiger partial charge in [-0.1, -0.05) is 19.9 Å². The number of rotatable bonds is 5. The molecule has 5 heteroatoms. The zero-order valence-electron chi connectivity index (χ0n) is 11.6. The normalized spacial score (nSPS) is 10.4. The van der Waals surface area contributed by atoms with Crippen LogP contribution in [0.1, 0.15) is 32.6 Å². The number of nitrogens with zero attached hydrogens (tertiary/aromatic N) is 1. The summed E-state index contributed by atoms with van der Waals surface area (Å²) in [6.45, 7) is 11.2. The molecule has 0 radical (unpaired) electrons. The van der Waals surface area contributed by atoms with Crippen molar-refractivity contribution < 1.29 is 0 Å². The Morgan fingerprint density at radius 2 is 1.89 bits per heavy atom. The van der Waals surface area contributed by atoms with Gasteiger partial charge in [0, 0.05) is 23.4 Å². The molecule has 18 heavy (non-hydrogen) atoms. The molecule has 104 valence electrons. The summed E-state index contributed by atoms with van der Waals surface area (Å²) in [4.78, 5) is 6.01. The van der Waals surface area contributed by atoms with Crippen LogP contribution in [-0.4, -0.2) is 25.6 Å². The lowest BCUT2D eigenvalue weighted by Crippen LogP contribution is -2.38. The molecule has 0 aliphatic heterocycles. The summed E-state index contributed by atoms with van der Waals surface area (Å²) < 4.78 is 0. The van der Waals surface area contributed by atoms with E-state index in [4.69, 9.17) is 0 Å². The van der Waals surface area contributed by atoms with E-state index in [9.17, 15) is 0 Å². The second-order valence-corrected chi connectivity index (χ2v) is 5.53. The molecule has 1 heterocycles. The van der Waals surface area contributed by atoms with Crippen LogP contribution >= 0.6 is 35.3 Å². The number of thiophene rings is 1. The highest BCUT2D eigenvalue weighted by Gasteiger charge is 2.21. The van der Waals surface area contributed by atoms with Crippen molar-refractivity contribution in [1.29, 1.82) is 0 Å². The molecule has 0 spiro atoms. The molecule has 0 aliphatic rings. The van der Waals surface area contributed by atoms with Crippen LogP contribution in [0.25, 0.3) is 0 Å². The predicted octanol–water partition coefficient (Wildman–Crippen LogP) is 3.22. The summed E-state index contributed by atoms with van der Waals surface area (Å²) in [7, 11) is 0. The van der Waals surface area contributed by atoms with E-state index in [0.29, 0.717) is 0 Å². The van der Waals surface area contributed by atoms with Gasteiger partial charge < -0.3 is 10.6 Å². The lowest BCUT2D eigenvalue weighted by molar-refractivity contribution is 0.548. The van der Waals surface area contributed by atoms with Crippen LogP contribution in [0.5, 0.6) is 0 Å². The molecule has 0 saturated carbocycles. The van der Waals surface area contributed by atoms with Crippen molar-refractivity contribution in [3.8, 4) is 0 Å². The van der Waals surface area contributed by atoms with Gasteiger partial charge in [-0.2, -0.15) is 0 Å². The molecule has 0 aromatic carbocycles. The lowest BCUT2D eigenvalue weighted by Gasteiger charge is -2.21. The molecule has 2 N–H and O–H groups in total. The van der Waals surface area contributed by atoms with E-state index >= 15 is 0 Å². The summed E-state index contributed by atoms with van der Waals surface area (Å²) >= 11 is 1.80. The number of guanidine groups is 1. The first-order chi connectivity index (χ1) is 8.10. The van der Waals surface area contributed by atoms with E-state index < -0.39 is 0 Å². The Balaban J connectivity index is 0.00000289. The van der Waals surface area contributed by atoms with Gasteiger partial charge in [0.1, 0.15) is 0 Å². The average molecular weight is 381 g/mol. The SMILES string of the molecule is CCNC(=NCC(C)(C)c1cccs1)NCC.I. The van der Waals surface area contributed by atoms with Crippen molar-refractivity contribution in [3.05, 3.63) is 22.4 Å². The molecular formula is C13H24IN3S. The van der Waals surface area contributed by atoms with Crippen molar-refractivity contribution in [3.63, 3.8) is 0 Å². The Morgan fingerprint density at radius 3 is 2.33 bits per heavy atom. The van der Waals surface area contributed by atoms with Gasteiger partial charge in [-0.05, 0) is 25.3 Å². The molecule has 0 atom stereocenters. The summed E-state index contributed by atoms with van der Waals surface area (Å²) in [5.41, 5.74) is 0.101. The lowest BCUT2D eigenvalue weighted by atomic mass is 9.92. The number of hydrogen-bond donors (Lipinski definition) is 2. The van der Waals surface area contributed by atoms with Crippen LogP contribution in [-0.2, 0) is 5.41 Å². The average Bonchev–Trinajstić information content (AvgIpc) is 2.81. The second-order valence-electron chi connectivity index (χ2n) is 4.59. The third kappa shape index (κ3) is 5.56. The Kier molecular flexibility index (Phi) is 8.60. The van der Waals surface area contributed by atoms with E-state index in [0.717, 1.165) is 25.6 Å². The molecule has 3 nitrogen and oxygen atoms in total. The van der Waals surface area contributed by atoms with Crippen LogP contribution in [0.4, 0.5) is 0 Å². The fourth-order valence-electron chi connectivity index (χ4n) is 1.53. The van der Waals surface area contributed by atoms with Gasteiger partial charge in [0.25, 0.3) is 0 Å². The topological polar surface area (TPSA) is 36.4 Å². The highest BCUT2D eigenvalue weighted by Crippen LogP contribution is 2.27. The number of hydrogen-bond acceptors (Lipinski definition) is 2. The minimum Gasteiger partial charge on any atom is -0.357 e. The number of nitrogens with one attached hydrogen (secondary N) is 2. The third-order valence-electron chi connectivity index (χ3n) is 2.51. The second kappa shape index (κ2) is 8.74. The number of halogens is 1. The first-order valence-corrected chi connectivity index (χ1v) is 7.04. The van der Waals surface area contributed by atoms with Crippen LogP contribution in [0.3, 0.4) is 0 Å². The Hall–Kier alpha value is -0.300. The quantitative estimate of drug-likeness (QED) is 0.467. The molecule has 0 fully saturated rings. The fourth-order valence-corrected chi connectivity index (χ4v) is 2.37. The first kappa shape index (κ1) is 17.7. The van der Waals surface area contributed by atoms with E-state index in [2.05, 4.69) is 60.8 Å². The summed E-state index contributed by atoms with van der Waals surface area (Å²) in [5, 5.41) is 8.61.